The van der Waals surface area contributed by atoms with Crippen molar-refractivity contribution in [3.05, 3.63) is 0 Å². The lowest BCUT2D eigenvalue weighted by Gasteiger charge is -2.13. The number of carbonyl (C=O) groups is 1. The monoisotopic (exact) mass is 212 g/mol. The Bertz CT molecular complexity index is 222. The van der Waals surface area contributed by atoms with E-state index in [1.54, 1.807) is 0 Å². The minimum Gasteiger partial charge on any atom is -0.356 e. The van der Waals surface area contributed by atoms with E-state index >= 15 is 0 Å². The Labute approximate surface area is 91.4 Å². The first kappa shape index (κ1) is 13.9. The van der Waals surface area contributed by atoms with Gasteiger partial charge in [-0.15, -0.1) is 0 Å². The number of likely N-dealkylation sites (N-methyl/N-ethyl adjacent to an activating group) is 1. The van der Waals surface area contributed by atoms with Crippen molar-refractivity contribution in [2.24, 2.45) is 0 Å². The lowest BCUT2D eigenvalue weighted by molar-refractivity contribution is -0.121. The molecule has 86 valence electrons. The van der Waals surface area contributed by atoms with Crippen LogP contribution in [-0.2, 0) is 4.79 Å². The van der Waals surface area contributed by atoms with Crippen molar-refractivity contribution in [2.75, 3.05) is 33.7 Å². The van der Waals surface area contributed by atoms with Gasteiger partial charge in [0.15, 0.2) is 0 Å². The van der Waals surface area contributed by atoms with E-state index in [0.29, 0.717) is 13.1 Å². The summed E-state index contributed by atoms with van der Waals surface area (Å²) in [6, 6.07) is 1.68. The lowest BCUT2D eigenvalue weighted by atomic mass is 10.2. The molecule has 5 heteroatoms. The van der Waals surface area contributed by atoms with Crippen molar-refractivity contribution in [3.63, 3.8) is 0 Å². The molecule has 1 unspecified atom stereocenters. The smallest absolute Gasteiger partial charge is 0.222 e. The highest BCUT2D eigenvalue weighted by atomic mass is 16.1. The Kier molecular flexibility index (Phi) is 7.60. The fraction of sp³-hybridized carbons (Fsp3) is 0.800. The predicted molar refractivity (Wildman–Crippen MR) is 59.3 cm³/mol. The van der Waals surface area contributed by atoms with E-state index in [2.05, 4.69) is 16.7 Å². The van der Waals surface area contributed by atoms with E-state index in [0.717, 1.165) is 6.54 Å². The van der Waals surface area contributed by atoms with Crippen molar-refractivity contribution < 1.29 is 4.79 Å². The average Bonchev–Trinajstić information content (AvgIpc) is 2.16. The third-order valence-corrected chi connectivity index (χ3v) is 1.87. The van der Waals surface area contributed by atoms with Crippen molar-refractivity contribution >= 4 is 5.91 Å². The third kappa shape index (κ3) is 7.91. The van der Waals surface area contributed by atoms with E-state index in [4.69, 9.17) is 5.26 Å². The number of carbonyl (C=O) groups excluding carboxylic acids is 1. The SMILES string of the molecule is CCNC(=O)CC(C#N)NCCN(C)C. The fourth-order valence-corrected chi connectivity index (χ4v) is 1.08. The van der Waals surface area contributed by atoms with E-state index < -0.39 is 6.04 Å². The van der Waals surface area contributed by atoms with Gasteiger partial charge in [0.1, 0.15) is 6.04 Å². The molecular formula is C10H20N4O. The topological polar surface area (TPSA) is 68.2 Å². The molecule has 5 nitrogen and oxygen atoms in total. The van der Waals surface area contributed by atoms with E-state index in [-0.39, 0.29) is 12.3 Å². The molecule has 1 atom stereocenters. The quantitative estimate of drug-likeness (QED) is 0.600. The van der Waals surface area contributed by atoms with Gasteiger partial charge in [-0.25, -0.2) is 0 Å². The molecule has 1 amide bonds. The summed E-state index contributed by atoms with van der Waals surface area (Å²) in [5, 5.41) is 14.5. The van der Waals surface area contributed by atoms with Gasteiger partial charge >= 0.3 is 0 Å². The van der Waals surface area contributed by atoms with Gasteiger partial charge in [-0.2, -0.15) is 5.26 Å². The number of amides is 1. The van der Waals surface area contributed by atoms with Gasteiger partial charge in [-0.1, -0.05) is 0 Å². The molecule has 0 saturated carbocycles. The van der Waals surface area contributed by atoms with Gasteiger partial charge in [-0.3, -0.25) is 4.79 Å². The van der Waals surface area contributed by atoms with Crippen LogP contribution in [0.4, 0.5) is 0 Å². The van der Waals surface area contributed by atoms with Crippen LogP contribution in [0.15, 0.2) is 0 Å². The molecule has 0 aromatic carbocycles. The molecule has 0 aliphatic heterocycles. The van der Waals surface area contributed by atoms with Crippen LogP contribution >= 0.6 is 0 Å². The summed E-state index contributed by atoms with van der Waals surface area (Å²) in [5.41, 5.74) is 0. The summed E-state index contributed by atoms with van der Waals surface area (Å²) in [5.74, 6) is -0.0820. The van der Waals surface area contributed by atoms with Gasteiger partial charge in [-0.05, 0) is 21.0 Å². The first-order valence-corrected chi connectivity index (χ1v) is 5.14. The highest BCUT2D eigenvalue weighted by molar-refractivity contribution is 5.76. The predicted octanol–water partition coefficient (Wildman–Crippen LogP) is -0.444. The molecule has 0 aliphatic carbocycles. The molecule has 0 aliphatic rings. The van der Waals surface area contributed by atoms with Gasteiger partial charge in [0.2, 0.25) is 5.91 Å². The van der Waals surface area contributed by atoms with Crippen molar-refractivity contribution in [3.8, 4) is 6.07 Å². The fourth-order valence-electron chi connectivity index (χ4n) is 1.08. The zero-order chi connectivity index (χ0) is 11.7. The summed E-state index contributed by atoms with van der Waals surface area (Å²) in [4.78, 5) is 13.2. The molecule has 0 aromatic rings. The normalized spacial score (nSPS) is 12.2. The molecule has 0 saturated heterocycles. The summed E-state index contributed by atoms with van der Waals surface area (Å²) >= 11 is 0. The minimum absolute atomic E-state index is 0.0820. The maximum Gasteiger partial charge on any atom is 0.222 e. The van der Waals surface area contributed by atoms with Crippen LogP contribution < -0.4 is 10.6 Å². The molecule has 0 rings (SSSR count). The molecule has 0 radical (unpaired) electrons. The van der Waals surface area contributed by atoms with Gasteiger partial charge < -0.3 is 15.5 Å². The Morgan fingerprint density at radius 2 is 2.20 bits per heavy atom. The molecule has 2 N–H and O–H groups in total. The number of hydrogen-bond acceptors (Lipinski definition) is 4. The van der Waals surface area contributed by atoms with Crippen LogP contribution in [0.5, 0.6) is 0 Å². The average molecular weight is 212 g/mol. The Morgan fingerprint density at radius 1 is 1.53 bits per heavy atom. The second kappa shape index (κ2) is 8.21. The number of hydrogen-bond donors (Lipinski definition) is 2. The Hall–Kier alpha value is -1.12. The lowest BCUT2D eigenvalue weighted by Crippen LogP contribution is -2.37. The van der Waals surface area contributed by atoms with Crippen LogP contribution in [0, 0.1) is 11.3 Å². The zero-order valence-corrected chi connectivity index (χ0v) is 9.71. The zero-order valence-electron chi connectivity index (χ0n) is 9.71. The summed E-state index contributed by atoms with van der Waals surface area (Å²) in [6.45, 7) is 4.03. The summed E-state index contributed by atoms with van der Waals surface area (Å²) in [6.07, 6.45) is 0.220. The second-order valence-corrected chi connectivity index (χ2v) is 3.60. The summed E-state index contributed by atoms with van der Waals surface area (Å²) < 4.78 is 0. The molecule has 0 bridgehead atoms. The van der Waals surface area contributed by atoms with Crippen LogP contribution in [0.1, 0.15) is 13.3 Å². The molecule has 0 heterocycles. The Morgan fingerprint density at radius 3 is 2.67 bits per heavy atom. The number of rotatable bonds is 7. The van der Waals surface area contributed by atoms with Crippen molar-refractivity contribution in [1.82, 2.24) is 15.5 Å². The van der Waals surface area contributed by atoms with E-state index in [1.807, 2.05) is 25.9 Å². The van der Waals surface area contributed by atoms with Gasteiger partial charge in [0.05, 0.1) is 12.5 Å². The molecule has 0 aromatic heterocycles. The Balaban J connectivity index is 3.74. The molecule has 15 heavy (non-hydrogen) atoms. The molecule has 0 fully saturated rings. The van der Waals surface area contributed by atoms with Crippen LogP contribution in [0.2, 0.25) is 0 Å². The van der Waals surface area contributed by atoms with Crippen molar-refractivity contribution in [1.29, 1.82) is 5.26 Å². The standard InChI is InChI=1S/C10H20N4O/c1-4-12-10(15)7-9(8-11)13-5-6-14(2)3/h9,13H,4-7H2,1-3H3,(H,12,15). The number of nitriles is 1. The van der Waals surface area contributed by atoms with Crippen LogP contribution in [0.3, 0.4) is 0 Å². The molecule has 0 spiro atoms. The number of nitrogens with one attached hydrogen (secondary N) is 2. The minimum atomic E-state index is -0.392. The van der Waals surface area contributed by atoms with Crippen LogP contribution in [-0.4, -0.2) is 50.6 Å². The maximum absolute atomic E-state index is 11.2. The number of nitrogens with zero attached hydrogens (tertiary/aromatic N) is 2. The second-order valence-electron chi connectivity index (χ2n) is 3.60. The third-order valence-electron chi connectivity index (χ3n) is 1.87. The highest BCUT2D eigenvalue weighted by Gasteiger charge is 2.11. The van der Waals surface area contributed by atoms with Crippen LogP contribution in [0.25, 0.3) is 0 Å². The summed E-state index contributed by atoms with van der Waals surface area (Å²) in [7, 11) is 3.93. The van der Waals surface area contributed by atoms with Gasteiger partial charge in [0, 0.05) is 19.6 Å². The highest BCUT2D eigenvalue weighted by Crippen LogP contribution is 1.90. The van der Waals surface area contributed by atoms with E-state index in [9.17, 15) is 4.79 Å². The van der Waals surface area contributed by atoms with E-state index in [1.165, 1.54) is 0 Å². The first-order valence-electron chi connectivity index (χ1n) is 5.14. The van der Waals surface area contributed by atoms with Gasteiger partial charge in [0.25, 0.3) is 0 Å². The maximum atomic E-state index is 11.2. The largest absolute Gasteiger partial charge is 0.356 e. The first-order chi connectivity index (χ1) is 7.10. The van der Waals surface area contributed by atoms with Crippen molar-refractivity contribution in [2.45, 2.75) is 19.4 Å². The molecular weight excluding hydrogens is 192 g/mol.